The van der Waals surface area contributed by atoms with E-state index in [1.54, 1.807) is 25.1 Å². The minimum atomic E-state index is -1.13. The molecule has 1 unspecified atom stereocenters. The maximum atomic E-state index is 13.8. The fourth-order valence-electron chi connectivity index (χ4n) is 1.89. The van der Waals surface area contributed by atoms with Gasteiger partial charge in [0, 0.05) is 6.61 Å². The Bertz CT molecular complexity index is 583. The number of carbonyl (C=O) groups is 1. The fraction of sp³-hybridized carbons (Fsp3) is 0.214. The van der Waals surface area contributed by atoms with Crippen molar-refractivity contribution in [3.63, 3.8) is 0 Å². The second-order valence-electron chi connectivity index (χ2n) is 3.88. The van der Waals surface area contributed by atoms with Crippen molar-refractivity contribution in [3.8, 4) is 0 Å². The molecule has 2 N–H and O–H groups in total. The van der Waals surface area contributed by atoms with Crippen molar-refractivity contribution in [3.05, 3.63) is 47.8 Å². The van der Waals surface area contributed by atoms with E-state index in [4.69, 9.17) is 10.5 Å². The van der Waals surface area contributed by atoms with Crippen LogP contribution in [-0.2, 0) is 4.74 Å². The number of ketones is 1. The summed E-state index contributed by atoms with van der Waals surface area (Å²) in [6, 6.07) is 10.0. The molecule has 0 heterocycles. The van der Waals surface area contributed by atoms with Gasteiger partial charge in [-0.05, 0) is 23.8 Å². The zero-order valence-electron chi connectivity index (χ0n) is 10.0. The number of carbonyl (C=O) groups excluding carboxylic acids is 1. The highest BCUT2D eigenvalue weighted by Gasteiger charge is 2.21. The molecule has 1 atom stereocenters. The van der Waals surface area contributed by atoms with Gasteiger partial charge in [0.15, 0.2) is 6.23 Å². The van der Waals surface area contributed by atoms with Gasteiger partial charge in [-0.15, -0.1) is 0 Å². The van der Waals surface area contributed by atoms with E-state index in [1.807, 2.05) is 12.1 Å². The molecule has 0 fully saturated rings. The van der Waals surface area contributed by atoms with E-state index in [0.29, 0.717) is 12.0 Å². The quantitative estimate of drug-likeness (QED) is 0.667. The molecular weight excluding hydrogens is 233 g/mol. The maximum absolute atomic E-state index is 13.8. The number of ether oxygens (including phenoxy) is 1. The van der Waals surface area contributed by atoms with E-state index >= 15 is 0 Å². The van der Waals surface area contributed by atoms with Crippen molar-refractivity contribution in [2.45, 2.75) is 13.2 Å². The second-order valence-corrected chi connectivity index (χ2v) is 3.88. The summed E-state index contributed by atoms with van der Waals surface area (Å²) in [5, 5.41) is 1.35. The summed E-state index contributed by atoms with van der Waals surface area (Å²) in [5.41, 5.74) is 5.58. The first-order valence-electron chi connectivity index (χ1n) is 5.73. The molecule has 0 aliphatic rings. The number of benzene rings is 2. The van der Waals surface area contributed by atoms with Crippen LogP contribution in [-0.4, -0.2) is 18.6 Å². The van der Waals surface area contributed by atoms with Crippen molar-refractivity contribution in [1.29, 1.82) is 0 Å². The highest BCUT2D eigenvalue weighted by Crippen LogP contribution is 2.22. The van der Waals surface area contributed by atoms with Crippen LogP contribution >= 0.6 is 0 Å². The lowest BCUT2D eigenvalue weighted by atomic mass is 10.00. The predicted molar refractivity (Wildman–Crippen MR) is 67.8 cm³/mol. The van der Waals surface area contributed by atoms with Gasteiger partial charge in [0.05, 0.1) is 5.56 Å². The average molecular weight is 247 g/mol. The monoisotopic (exact) mass is 247 g/mol. The molecule has 0 radical (unpaired) electrons. The van der Waals surface area contributed by atoms with Gasteiger partial charge in [-0.3, -0.25) is 10.5 Å². The van der Waals surface area contributed by atoms with E-state index in [2.05, 4.69) is 0 Å². The number of fused-ring (bicyclic) bond motifs is 1. The van der Waals surface area contributed by atoms with E-state index in [1.165, 1.54) is 6.07 Å². The lowest BCUT2D eigenvalue weighted by Gasteiger charge is -2.13. The van der Waals surface area contributed by atoms with Gasteiger partial charge in [-0.1, -0.05) is 30.3 Å². The SMILES string of the molecule is CCOC(N)C(=O)c1c(F)ccc2ccccc12. The van der Waals surface area contributed by atoms with E-state index < -0.39 is 17.8 Å². The van der Waals surface area contributed by atoms with Gasteiger partial charge in [0.25, 0.3) is 0 Å². The summed E-state index contributed by atoms with van der Waals surface area (Å²) in [7, 11) is 0. The largest absolute Gasteiger partial charge is 0.356 e. The molecule has 2 aromatic rings. The number of hydrogen-bond donors (Lipinski definition) is 1. The maximum Gasteiger partial charge on any atom is 0.209 e. The third kappa shape index (κ3) is 2.25. The Morgan fingerprint density at radius 1 is 1.33 bits per heavy atom. The van der Waals surface area contributed by atoms with E-state index in [0.717, 1.165) is 5.39 Å². The normalized spacial score (nSPS) is 12.6. The first-order valence-corrected chi connectivity index (χ1v) is 5.73. The van der Waals surface area contributed by atoms with Crippen LogP contribution < -0.4 is 5.73 Å². The zero-order chi connectivity index (χ0) is 13.1. The number of nitrogens with two attached hydrogens (primary N) is 1. The lowest BCUT2D eigenvalue weighted by molar-refractivity contribution is 0.0477. The summed E-state index contributed by atoms with van der Waals surface area (Å²) in [6.07, 6.45) is -1.13. The zero-order valence-corrected chi connectivity index (χ0v) is 10.0. The molecule has 0 saturated carbocycles. The predicted octanol–water partition coefficient (Wildman–Crippen LogP) is 2.48. The van der Waals surface area contributed by atoms with Crippen LogP contribution in [0.1, 0.15) is 17.3 Å². The van der Waals surface area contributed by atoms with Gasteiger partial charge in [0.2, 0.25) is 5.78 Å². The fourth-order valence-corrected chi connectivity index (χ4v) is 1.89. The summed E-state index contributed by atoms with van der Waals surface area (Å²) < 4.78 is 18.9. The van der Waals surface area contributed by atoms with Gasteiger partial charge in [-0.25, -0.2) is 4.39 Å². The molecule has 0 spiro atoms. The highest BCUT2D eigenvalue weighted by atomic mass is 19.1. The highest BCUT2D eigenvalue weighted by molar-refractivity contribution is 6.10. The topological polar surface area (TPSA) is 52.3 Å². The Labute approximate surface area is 104 Å². The number of rotatable bonds is 4. The Hall–Kier alpha value is -1.78. The van der Waals surface area contributed by atoms with Crippen molar-refractivity contribution in [1.82, 2.24) is 0 Å². The summed E-state index contributed by atoms with van der Waals surface area (Å²) in [6.45, 7) is 2.03. The molecule has 94 valence electrons. The number of hydrogen-bond acceptors (Lipinski definition) is 3. The van der Waals surface area contributed by atoms with Gasteiger partial charge in [-0.2, -0.15) is 0 Å². The molecule has 0 saturated heterocycles. The van der Waals surface area contributed by atoms with Crippen molar-refractivity contribution in [2.75, 3.05) is 6.61 Å². The Morgan fingerprint density at radius 3 is 2.78 bits per heavy atom. The van der Waals surface area contributed by atoms with Crippen LogP contribution in [0.25, 0.3) is 10.8 Å². The Kier molecular flexibility index (Phi) is 3.69. The van der Waals surface area contributed by atoms with Crippen molar-refractivity contribution >= 4 is 16.6 Å². The summed E-state index contributed by atoms with van der Waals surface area (Å²) in [5.74, 6) is -1.11. The first kappa shape index (κ1) is 12.7. The average Bonchev–Trinajstić information content (AvgIpc) is 2.38. The van der Waals surface area contributed by atoms with Crippen LogP contribution in [0.5, 0.6) is 0 Å². The number of halogens is 1. The van der Waals surface area contributed by atoms with E-state index in [-0.39, 0.29) is 5.56 Å². The molecule has 0 aliphatic heterocycles. The van der Waals surface area contributed by atoms with Gasteiger partial charge in [0.1, 0.15) is 5.82 Å². The molecule has 0 aromatic heterocycles. The molecule has 3 nitrogen and oxygen atoms in total. The van der Waals surface area contributed by atoms with E-state index in [9.17, 15) is 9.18 Å². The molecule has 2 rings (SSSR count). The number of Topliss-reactive ketones (excluding diaryl/α,β-unsaturated/α-hetero) is 1. The minimum Gasteiger partial charge on any atom is -0.356 e. The Morgan fingerprint density at radius 2 is 2.06 bits per heavy atom. The molecule has 2 aromatic carbocycles. The molecule has 4 heteroatoms. The third-order valence-electron chi connectivity index (χ3n) is 2.73. The molecule has 18 heavy (non-hydrogen) atoms. The van der Waals surface area contributed by atoms with Gasteiger partial charge < -0.3 is 4.74 Å². The minimum absolute atomic E-state index is 0.00551. The molecular formula is C14H14FNO2. The molecule has 0 amide bonds. The van der Waals surface area contributed by atoms with Crippen LogP contribution in [0.15, 0.2) is 36.4 Å². The summed E-state index contributed by atoms with van der Waals surface area (Å²) >= 11 is 0. The standard InChI is InChI=1S/C14H14FNO2/c1-2-18-14(16)13(17)12-10-6-4-3-5-9(10)7-8-11(12)15/h3-8,14H,2,16H2,1H3. The van der Waals surface area contributed by atoms with Crippen molar-refractivity contribution in [2.24, 2.45) is 5.73 Å². The van der Waals surface area contributed by atoms with Crippen LogP contribution in [0.4, 0.5) is 4.39 Å². The molecule has 0 bridgehead atoms. The van der Waals surface area contributed by atoms with Crippen LogP contribution in [0.2, 0.25) is 0 Å². The summed E-state index contributed by atoms with van der Waals surface area (Å²) in [4.78, 5) is 12.1. The third-order valence-corrected chi connectivity index (χ3v) is 2.73. The van der Waals surface area contributed by atoms with Crippen LogP contribution in [0.3, 0.4) is 0 Å². The first-order chi connectivity index (χ1) is 8.65. The Balaban J connectivity index is 2.55. The smallest absolute Gasteiger partial charge is 0.209 e. The van der Waals surface area contributed by atoms with Gasteiger partial charge >= 0.3 is 0 Å². The molecule has 0 aliphatic carbocycles. The lowest BCUT2D eigenvalue weighted by Crippen LogP contribution is -2.34. The second kappa shape index (κ2) is 5.25. The van der Waals surface area contributed by atoms with Crippen molar-refractivity contribution < 1.29 is 13.9 Å². The van der Waals surface area contributed by atoms with Crippen LogP contribution in [0, 0.1) is 5.82 Å².